The molecule has 1 aromatic carbocycles. The number of carbonyl (C=O) groups is 2. The number of hydrogen-bond acceptors (Lipinski definition) is 4. The molecule has 1 aromatic heterocycles. The third-order valence-electron chi connectivity index (χ3n) is 6.66. The Balaban J connectivity index is 2.15. The van der Waals surface area contributed by atoms with Crippen LogP contribution >= 0.6 is 0 Å². The SMILES string of the molecule is C=CCc1c(CCC)c2ccc(C=O)cc2n1CCN(CC=C)CCN(C)CCN(C)C(=O)CC. The van der Waals surface area contributed by atoms with Crippen LogP contribution in [0.25, 0.3) is 10.9 Å². The molecule has 0 unspecified atom stereocenters. The molecule has 0 fully saturated rings. The standard InChI is InChI=1S/C29H44N4O2/c1-7-11-25-26-14-13-24(23-34)22-28(26)33(27(25)12-8-2)21-20-32(15-9-3)19-17-30(5)16-18-31(6)29(35)10-4/h8-9,13-14,22-23H,2-3,7,10-12,15-21H2,1,4-6H3. The van der Waals surface area contributed by atoms with Gasteiger partial charge in [-0.2, -0.15) is 0 Å². The van der Waals surface area contributed by atoms with Gasteiger partial charge >= 0.3 is 0 Å². The summed E-state index contributed by atoms with van der Waals surface area (Å²) < 4.78 is 2.39. The molecule has 1 heterocycles. The lowest BCUT2D eigenvalue weighted by Gasteiger charge is -2.26. The molecular formula is C29H44N4O2. The Morgan fingerprint density at radius 2 is 1.77 bits per heavy atom. The molecule has 192 valence electrons. The minimum absolute atomic E-state index is 0.182. The number of aromatic nitrogens is 1. The number of fused-ring (bicyclic) bond motifs is 1. The van der Waals surface area contributed by atoms with Gasteiger partial charge in [-0.25, -0.2) is 0 Å². The topological polar surface area (TPSA) is 48.8 Å². The first-order valence-corrected chi connectivity index (χ1v) is 12.9. The van der Waals surface area contributed by atoms with Crippen molar-refractivity contribution in [1.29, 1.82) is 0 Å². The monoisotopic (exact) mass is 480 g/mol. The molecule has 35 heavy (non-hydrogen) atoms. The van der Waals surface area contributed by atoms with Crippen molar-refractivity contribution in [3.05, 3.63) is 60.3 Å². The minimum atomic E-state index is 0.182. The van der Waals surface area contributed by atoms with Crippen molar-refractivity contribution in [3.63, 3.8) is 0 Å². The molecule has 0 aliphatic carbocycles. The Hall–Kier alpha value is -2.70. The van der Waals surface area contributed by atoms with Gasteiger partial charge in [0.05, 0.1) is 0 Å². The molecule has 0 bridgehead atoms. The minimum Gasteiger partial charge on any atom is -0.344 e. The Morgan fingerprint density at radius 3 is 2.40 bits per heavy atom. The molecule has 2 aromatic rings. The zero-order valence-electron chi connectivity index (χ0n) is 22.3. The first-order chi connectivity index (χ1) is 16.9. The summed E-state index contributed by atoms with van der Waals surface area (Å²) in [5.41, 5.74) is 4.52. The largest absolute Gasteiger partial charge is 0.344 e. The zero-order valence-corrected chi connectivity index (χ0v) is 22.3. The number of allylic oxidation sites excluding steroid dienone is 1. The van der Waals surface area contributed by atoms with E-state index in [2.05, 4.69) is 47.6 Å². The fourth-order valence-corrected chi connectivity index (χ4v) is 4.58. The van der Waals surface area contributed by atoms with Crippen LogP contribution in [0.3, 0.4) is 0 Å². The average molecular weight is 481 g/mol. The summed E-state index contributed by atoms with van der Waals surface area (Å²) in [6, 6.07) is 6.04. The van der Waals surface area contributed by atoms with Crippen LogP contribution in [0.2, 0.25) is 0 Å². The number of aryl methyl sites for hydroxylation is 1. The van der Waals surface area contributed by atoms with Crippen molar-refractivity contribution in [3.8, 4) is 0 Å². The van der Waals surface area contributed by atoms with Crippen LogP contribution in [0.15, 0.2) is 43.5 Å². The number of likely N-dealkylation sites (N-methyl/N-ethyl adjacent to an activating group) is 2. The summed E-state index contributed by atoms with van der Waals surface area (Å²) >= 11 is 0. The number of amides is 1. The van der Waals surface area contributed by atoms with Gasteiger partial charge in [0, 0.05) is 87.9 Å². The van der Waals surface area contributed by atoms with Gasteiger partial charge in [-0.05, 0) is 25.1 Å². The van der Waals surface area contributed by atoms with Crippen LogP contribution in [0, 0.1) is 0 Å². The highest BCUT2D eigenvalue weighted by molar-refractivity contribution is 5.90. The van der Waals surface area contributed by atoms with E-state index in [0.717, 1.165) is 76.9 Å². The zero-order chi connectivity index (χ0) is 25.8. The maximum Gasteiger partial charge on any atom is 0.222 e. The summed E-state index contributed by atoms with van der Waals surface area (Å²) in [4.78, 5) is 29.8. The van der Waals surface area contributed by atoms with E-state index in [-0.39, 0.29) is 5.91 Å². The molecule has 0 N–H and O–H groups in total. The van der Waals surface area contributed by atoms with Crippen molar-refractivity contribution < 1.29 is 9.59 Å². The van der Waals surface area contributed by atoms with Crippen molar-refractivity contribution in [2.75, 3.05) is 53.4 Å². The summed E-state index contributed by atoms with van der Waals surface area (Å²) in [5.74, 6) is 0.182. The van der Waals surface area contributed by atoms with Crippen LogP contribution in [-0.4, -0.2) is 84.8 Å². The molecule has 0 aliphatic rings. The average Bonchev–Trinajstić information content (AvgIpc) is 3.15. The Kier molecular flexibility index (Phi) is 11.9. The third kappa shape index (κ3) is 7.91. The third-order valence-corrected chi connectivity index (χ3v) is 6.66. The van der Waals surface area contributed by atoms with E-state index in [1.165, 1.54) is 16.6 Å². The summed E-state index contributed by atoms with van der Waals surface area (Å²) in [7, 11) is 3.98. The van der Waals surface area contributed by atoms with Crippen molar-refractivity contribution in [2.45, 2.75) is 46.1 Å². The van der Waals surface area contributed by atoms with Gasteiger partial charge in [0.25, 0.3) is 0 Å². The molecular weight excluding hydrogens is 436 g/mol. The molecule has 0 spiro atoms. The van der Waals surface area contributed by atoms with Crippen molar-refractivity contribution >= 4 is 23.1 Å². The highest BCUT2D eigenvalue weighted by atomic mass is 16.2. The molecule has 0 atom stereocenters. The maximum absolute atomic E-state index is 11.8. The van der Waals surface area contributed by atoms with Crippen molar-refractivity contribution in [2.24, 2.45) is 0 Å². The van der Waals surface area contributed by atoms with Gasteiger partial charge in [-0.3, -0.25) is 14.5 Å². The summed E-state index contributed by atoms with van der Waals surface area (Å²) in [6.07, 6.45) is 8.31. The highest BCUT2D eigenvalue weighted by Crippen LogP contribution is 2.29. The molecule has 6 nitrogen and oxygen atoms in total. The number of carbonyl (C=O) groups excluding carboxylic acids is 2. The van der Waals surface area contributed by atoms with Crippen LogP contribution < -0.4 is 0 Å². The predicted octanol–water partition coefficient (Wildman–Crippen LogP) is 4.42. The van der Waals surface area contributed by atoms with Gasteiger partial charge in [-0.15, -0.1) is 13.2 Å². The normalized spacial score (nSPS) is 11.4. The van der Waals surface area contributed by atoms with Gasteiger partial charge in [0.2, 0.25) is 5.91 Å². The summed E-state index contributed by atoms with van der Waals surface area (Å²) in [5, 5.41) is 1.25. The van der Waals surface area contributed by atoms with Crippen LogP contribution in [-0.2, 0) is 24.2 Å². The van der Waals surface area contributed by atoms with E-state index >= 15 is 0 Å². The molecule has 0 aliphatic heterocycles. The van der Waals surface area contributed by atoms with Crippen LogP contribution in [0.1, 0.15) is 48.3 Å². The molecule has 6 heteroatoms. The lowest BCUT2D eigenvalue weighted by atomic mass is 10.0. The lowest BCUT2D eigenvalue weighted by Crippen LogP contribution is -2.39. The van der Waals surface area contributed by atoms with E-state index in [4.69, 9.17) is 0 Å². The van der Waals surface area contributed by atoms with E-state index in [9.17, 15) is 9.59 Å². The van der Waals surface area contributed by atoms with Crippen LogP contribution in [0.5, 0.6) is 0 Å². The molecule has 1 amide bonds. The number of aldehydes is 1. The molecule has 2 rings (SSSR count). The second kappa shape index (κ2) is 14.6. The smallest absolute Gasteiger partial charge is 0.222 e. The van der Waals surface area contributed by atoms with Gasteiger partial charge in [0.15, 0.2) is 0 Å². The van der Waals surface area contributed by atoms with E-state index < -0.39 is 0 Å². The maximum atomic E-state index is 11.8. The lowest BCUT2D eigenvalue weighted by molar-refractivity contribution is -0.129. The first kappa shape index (κ1) is 28.5. The Bertz CT molecular complexity index is 994. The number of hydrogen-bond donors (Lipinski definition) is 0. The van der Waals surface area contributed by atoms with Gasteiger partial charge < -0.3 is 14.4 Å². The second-order valence-corrected chi connectivity index (χ2v) is 9.28. The fourth-order valence-electron chi connectivity index (χ4n) is 4.58. The highest BCUT2D eigenvalue weighted by Gasteiger charge is 2.17. The van der Waals surface area contributed by atoms with E-state index in [0.29, 0.717) is 12.0 Å². The number of nitrogens with zero attached hydrogens (tertiary/aromatic N) is 4. The number of rotatable bonds is 17. The Labute approximate surface area is 211 Å². The van der Waals surface area contributed by atoms with E-state index in [1.54, 1.807) is 4.90 Å². The summed E-state index contributed by atoms with van der Waals surface area (Å²) in [6.45, 7) is 18.1. The fraction of sp³-hybridized carbons (Fsp3) is 0.517. The van der Waals surface area contributed by atoms with Gasteiger partial charge in [-0.1, -0.05) is 44.6 Å². The van der Waals surface area contributed by atoms with Crippen molar-refractivity contribution in [1.82, 2.24) is 19.3 Å². The second-order valence-electron chi connectivity index (χ2n) is 9.28. The molecule has 0 saturated carbocycles. The Morgan fingerprint density at radius 1 is 1.03 bits per heavy atom. The molecule has 0 saturated heterocycles. The van der Waals surface area contributed by atoms with Crippen LogP contribution in [0.4, 0.5) is 0 Å². The number of benzene rings is 1. The molecule has 0 radical (unpaired) electrons. The first-order valence-electron chi connectivity index (χ1n) is 12.9. The predicted molar refractivity (Wildman–Crippen MR) is 147 cm³/mol. The van der Waals surface area contributed by atoms with E-state index in [1.807, 2.05) is 38.3 Å². The van der Waals surface area contributed by atoms with Gasteiger partial charge in [0.1, 0.15) is 6.29 Å². The quantitative estimate of drug-likeness (QED) is 0.248.